The lowest BCUT2D eigenvalue weighted by Crippen LogP contribution is -2.49. The van der Waals surface area contributed by atoms with Gasteiger partial charge in [-0.2, -0.15) is 0 Å². The Kier molecular flexibility index (Phi) is 4.68. The van der Waals surface area contributed by atoms with Crippen molar-refractivity contribution in [3.05, 3.63) is 35.6 Å². The van der Waals surface area contributed by atoms with Crippen LogP contribution in [0.5, 0.6) is 0 Å². The molecule has 1 aromatic rings. The van der Waals surface area contributed by atoms with Crippen LogP contribution >= 0.6 is 0 Å². The molecule has 1 saturated heterocycles. The molecule has 0 aromatic heterocycles. The van der Waals surface area contributed by atoms with Crippen LogP contribution in [0.3, 0.4) is 0 Å². The van der Waals surface area contributed by atoms with Gasteiger partial charge in [0.05, 0.1) is 0 Å². The number of halogens is 1. The number of carbonyl (C=O) groups excluding carboxylic acids is 2. The molecule has 1 aliphatic rings. The number of rotatable bonds is 5. The van der Waals surface area contributed by atoms with Crippen LogP contribution in [-0.4, -0.2) is 30.6 Å². The van der Waals surface area contributed by atoms with E-state index in [1.54, 1.807) is 12.1 Å². The second-order valence-electron chi connectivity index (χ2n) is 4.80. The van der Waals surface area contributed by atoms with Crippen molar-refractivity contribution in [2.75, 3.05) is 6.61 Å². The van der Waals surface area contributed by atoms with E-state index in [9.17, 15) is 14.0 Å². The monoisotopic (exact) mass is 280 g/mol. The van der Waals surface area contributed by atoms with E-state index in [1.807, 2.05) is 0 Å². The first-order chi connectivity index (χ1) is 9.56. The van der Waals surface area contributed by atoms with Crippen LogP contribution in [0.15, 0.2) is 24.3 Å². The molecule has 2 rings (SSSR count). The van der Waals surface area contributed by atoms with Gasteiger partial charge in [0.15, 0.2) is 0 Å². The van der Waals surface area contributed by atoms with Crippen molar-refractivity contribution in [3.8, 4) is 0 Å². The minimum Gasteiger partial charge on any atom is -0.368 e. The zero-order valence-corrected chi connectivity index (χ0v) is 11.0. The van der Waals surface area contributed by atoms with E-state index >= 15 is 0 Å². The maximum absolute atomic E-state index is 13.1. The minimum atomic E-state index is -0.867. The third-order valence-electron chi connectivity index (χ3n) is 3.21. The van der Waals surface area contributed by atoms with Crippen LogP contribution in [0.4, 0.5) is 4.39 Å². The zero-order valence-electron chi connectivity index (χ0n) is 11.0. The average Bonchev–Trinajstić information content (AvgIpc) is 2.91. The van der Waals surface area contributed by atoms with Crippen LogP contribution in [0.25, 0.3) is 0 Å². The molecule has 0 bridgehead atoms. The fraction of sp³-hybridized carbons (Fsp3) is 0.429. The number of nitrogens with two attached hydrogens (primary N) is 1. The van der Waals surface area contributed by atoms with Crippen molar-refractivity contribution in [1.29, 1.82) is 0 Å². The fourth-order valence-corrected chi connectivity index (χ4v) is 2.17. The maximum Gasteiger partial charge on any atom is 0.249 e. The van der Waals surface area contributed by atoms with Crippen LogP contribution in [0.1, 0.15) is 18.4 Å². The van der Waals surface area contributed by atoms with E-state index in [4.69, 9.17) is 10.5 Å². The normalized spacial score (nSPS) is 19.6. The van der Waals surface area contributed by atoms with Gasteiger partial charge in [-0.15, -0.1) is 0 Å². The van der Waals surface area contributed by atoms with Crippen LogP contribution in [0, 0.1) is 5.82 Å². The molecular formula is C14H17FN2O3. The van der Waals surface area contributed by atoms with Gasteiger partial charge in [-0.1, -0.05) is 12.1 Å². The van der Waals surface area contributed by atoms with Crippen LogP contribution < -0.4 is 11.1 Å². The molecule has 2 atom stereocenters. The lowest BCUT2D eigenvalue weighted by Gasteiger charge is -2.18. The first kappa shape index (κ1) is 14.5. The van der Waals surface area contributed by atoms with Crippen LogP contribution in [-0.2, 0) is 20.7 Å². The molecule has 108 valence electrons. The molecule has 20 heavy (non-hydrogen) atoms. The molecule has 6 heteroatoms. The van der Waals surface area contributed by atoms with Crippen molar-refractivity contribution in [2.24, 2.45) is 5.73 Å². The van der Waals surface area contributed by atoms with Gasteiger partial charge < -0.3 is 15.8 Å². The summed E-state index contributed by atoms with van der Waals surface area (Å²) in [7, 11) is 0. The fourth-order valence-electron chi connectivity index (χ4n) is 2.17. The van der Waals surface area contributed by atoms with Gasteiger partial charge in [0, 0.05) is 13.0 Å². The topological polar surface area (TPSA) is 81.4 Å². The molecule has 1 aliphatic heterocycles. The minimum absolute atomic E-state index is 0.158. The Hall–Kier alpha value is -1.95. The number of hydrogen-bond acceptors (Lipinski definition) is 3. The Bertz CT molecular complexity index is 501. The quantitative estimate of drug-likeness (QED) is 0.825. The Morgan fingerprint density at radius 3 is 2.90 bits per heavy atom. The number of ether oxygens (including phenoxy) is 1. The van der Waals surface area contributed by atoms with E-state index in [1.165, 1.54) is 12.1 Å². The summed E-state index contributed by atoms with van der Waals surface area (Å²) in [6.07, 6.45) is 1.09. The number of nitrogens with one attached hydrogen (secondary N) is 1. The second-order valence-corrected chi connectivity index (χ2v) is 4.80. The summed E-state index contributed by atoms with van der Waals surface area (Å²) < 4.78 is 18.3. The Balaban J connectivity index is 2.00. The maximum atomic E-state index is 13.1. The molecule has 5 nitrogen and oxygen atoms in total. The van der Waals surface area contributed by atoms with Crippen molar-refractivity contribution < 1.29 is 18.7 Å². The van der Waals surface area contributed by atoms with Crippen molar-refractivity contribution in [2.45, 2.75) is 31.4 Å². The van der Waals surface area contributed by atoms with E-state index in [0.29, 0.717) is 18.6 Å². The largest absolute Gasteiger partial charge is 0.368 e. The standard InChI is InChI=1S/C14H17FN2O3/c15-10-4-1-3-9(7-10)8-11(13(16)18)17-14(19)12-5-2-6-20-12/h1,3-4,7,11-12H,2,5-6,8H2,(H2,16,18)(H,17,19)/t11-,12-/m0/s1. The number of primary amides is 1. The molecule has 3 N–H and O–H groups in total. The van der Waals surface area contributed by atoms with Gasteiger partial charge in [-0.25, -0.2) is 4.39 Å². The summed E-state index contributed by atoms with van der Waals surface area (Å²) in [5.41, 5.74) is 5.88. The third kappa shape index (κ3) is 3.77. The third-order valence-corrected chi connectivity index (χ3v) is 3.21. The molecule has 0 saturated carbocycles. The number of amides is 2. The van der Waals surface area contributed by atoms with Gasteiger partial charge >= 0.3 is 0 Å². The number of carbonyl (C=O) groups is 2. The lowest BCUT2D eigenvalue weighted by molar-refractivity contribution is -0.133. The van der Waals surface area contributed by atoms with E-state index < -0.39 is 23.9 Å². The first-order valence-corrected chi connectivity index (χ1v) is 6.52. The van der Waals surface area contributed by atoms with Crippen molar-refractivity contribution >= 4 is 11.8 Å². The van der Waals surface area contributed by atoms with Gasteiger partial charge in [0.25, 0.3) is 0 Å². The lowest BCUT2D eigenvalue weighted by atomic mass is 10.0. The smallest absolute Gasteiger partial charge is 0.249 e. The highest BCUT2D eigenvalue weighted by Crippen LogP contribution is 2.13. The second kappa shape index (κ2) is 6.47. The molecule has 1 aromatic carbocycles. The van der Waals surface area contributed by atoms with Crippen LogP contribution in [0.2, 0.25) is 0 Å². The Morgan fingerprint density at radius 2 is 2.30 bits per heavy atom. The zero-order chi connectivity index (χ0) is 14.5. The molecule has 1 heterocycles. The van der Waals surface area contributed by atoms with E-state index in [0.717, 1.165) is 6.42 Å². The van der Waals surface area contributed by atoms with Gasteiger partial charge in [0.1, 0.15) is 18.0 Å². The summed E-state index contributed by atoms with van der Waals surface area (Å²) in [5.74, 6) is -1.39. The summed E-state index contributed by atoms with van der Waals surface area (Å²) >= 11 is 0. The SMILES string of the molecule is NC(=O)[C@H](Cc1cccc(F)c1)NC(=O)[C@@H]1CCCO1. The Labute approximate surface area is 116 Å². The summed E-state index contributed by atoms with van der Waals surface area (Å²) in [4.78, 5) is 23.3. The predicted octanol–water partition coefficient (Wildman–Crippen LogP) is 0.517. The highest BCUT2D eigenvalue weighted by atomic mass is 19.1. The molecular weight excluding hydrogens is 263 g/mol. The summed E-state index contributed by atoms with van der Waals surface area (Å²) in [6, 6.07) is 4.98. The molecule has 0 unspecified atom stereocenters. The van der Waals surface area contributed by atoms with E-state index in [2.05, 4.69) is 5.32 Å². The number of hydrogen-bond donors (Lipinski definition) is 2. The molecule has 0 radical (unpaired) electrons. The average molecular weight is 280 g/mol. The van der Waals surface area contributed by atoms with E-state index in [-0.39, 0.29) is 12.3 Å². The van der Waals surface area contributed by atoms with Gasteiger partial charge in [-0.05, 0) is 30.5 Å². The highest BCUT2D eigenvalue weighted by molar-refractivity contribution is 5.88. The highest BCUT2D eigenvalue weighted by Gasteiger charge is 2.27. The van der Waals surface area contributed by atoms with Crippen molar-refractivity contribution in [3.63, 3.8) is 0 Å². The molecule has 0 spiro atoms. The molecule has 1 fully saturated rings. The number of benzene rings is 1. The summed E-state index contributed by atoms with van der Waals surface area (Å²) in [6.45, 7) is 0.545. The molecule has 2 amide bonds. The molecule has 0 aliphatic carbocycles. The van der Waals surface area contributed by atoms with Crippen molar-refractivity contribution in [1.82, 2.24) is 5.32 Å². The Morgan fingerprint density at radius 1 is 1.50 bits per heavy atom. The summed E-state index contributed by atoms with van der Waals surface area (Å²) in [5, 5.41) is 2.57. The van der Waals surface area contributed by atoms with Gasteiger partial charge in [0.2, 0.25) is 11.8 Å². The van der Waals surface area contributed by atoms with Gasteiger partial charge in [-0.3, -0.25) is 9.59 Å². The predicted molar refractivity (Wildman–Crippen MR) is 70.2 cm³/mol. The first-order valence-electron chi connectivity index (χ1n) is 6.52.